The van der Waals surface area contributed by atoms with Crippen LogP contribution in [0.1, 0.15) is 17.4 Å². The van der Waals surface area contributed by atoms with Gasteiger partial charge in [0, 0.05) is 35.5 Å². The van der Waals surface area contributed by atoms with E-state index in [1.165, 1.54) is 0 Å². The van der Waals surface area contributed by atoms with Gasteiger partial charge in [-0.2, -0.15) is 16.7 Å². The van der Waals surface area contributed by atoms with Crippen LogP contribution >= 0.6 is 11.8 Å². The Morgan fingerprint density at radius 2 is 2.33 bits per heavy atom. The summed E-state index contributed by atoms with van der Waals surface area (Å²) in [4.78, 5) is 8.56. The lowest BCUT2D eigenvalue weighted by Crippen LogP contribution is -2.26. The first-order valence-electron chi connectivity index (χ1n) is 5.83. The van der Waals surface area contributed by atoms with E-state index in [9.17, 15) is 0 Å². The zero-order valence-corrected chi connectivity index (χ0v) is 10.9. The number of pyridine rings is 1. The number of nitrogens with two attached hydrogens (primary N) is 1. The number of rotatable bonds is 2. The SMILES string of the molecule is Cc1ccncc1-c1noc(C2CSCC2N)n1. The van der Waals surface area contributed by atoms with Crippen LogP contribution in [-0.4, -0.2) is 32.7 Å². The van der Waals surface area contributed by atoms with Crippen LogP contribution < -0.4 is 5.73 Å². The highest BCUT2D eigenvalue weighted by atomic mass is 32.2. The molecule has 0 radical (unpaired) electrons. The van der Waals surface area contributed by atoms with Crippen molar-refractivity contribution in [1.29, 1.82) is 0 Å². The molecule has 2 aromatic rings. The van der Waals surface area contributed by atoms with Crippen molar-refractivity contribution in [3.05, 3.63) is 29.9 Å². The number of aryl methyl sites for hydroxylation is 1. The van der Waals surface area contributed by atoms with Gasteiger partial charge in [-0.1, -0.05) is 5.16 Å². The van der Waals surface area contributed by atoms with E-state index in [0.29, 0.717) is 11.7 Å². The molecule has 1 fully saturated rings. The Labute approximate surface area is 109 Å². The molecule has 0 saturated carbocycles. The van der Waals surface area contributed by atoms with E-state index in [4.69, 9.17) is 10.3 Å². The van der Waals surface area contributed by atoms with Gasteiger partial charge in [0.1, 0.15) is 0 Å². The fraction of sp³-hybridized carbons (Fsp3) is 0.417. The zero-order valence-electron chi connectivity index (χ0n) is 10.0. The molecule has 94 valence electrons. The third-order valence-electron chi connectivity index (χ3n) is 3.16. The van der Waals surface area contributed by atoms with E-state index in [2.05, 4.69) is 15.1 Å². The monoisotopic (exact) mass is 262 g/mol. The summed E-state index contributed by atoms with van der Waals surface area (Å²) in [7, 11) is 0. The first kappa shape index (κ1) is 11.7. The number of nitrogens with zero attached hydrogens (tertiary/aromatic N) is 3. The van der Waals surface area contributed by atoms with Gasteiger partial charge in [-0.15, -0.1) is 0 Å². The first-order chi connectivity index (χ1) is 8.75. The molecule has 2 unspecified atom stereocenters. The second-order valence-electron chi connectivity index (χ2n) is 4.45. The summed E-state index contributed by atoms with van der Waals surface area (Å²) in [5.74, 6) is 3.32. The summed E-state index contributed by atoms with van der Waals surface area (Å²) < 4.78 is 5.35. The van der Waals surface area contributed by atoms with Gasteiger partial charge in [-0.05, 0) is 18.6 Å². The molecule has 0 aliphatic carbocycles. The second-order valence-corrected chi connectivity index (χ2v) is 5.53. The number of thioether (sulfide) groups is 1. The van der Waals surface area contributed by atoms with Crippen LogP contribution in [0.3, 0.4) is 0 Å². The van der Waals surface area contributed by atoms with Crippen molar-refractivity contribution >= 4 is 11.8 Å². The molecule has 5 nitrogen and oxygen atoms in total. The maximum Gasteiger partial charge on any atom is 0.232 e. The number of hydrogen-bond donors (Lipinski definition) is 1. The normalized spacial score (nSPS) is 23.4. The lowest BCUT2D eigenvalue weighted by molar-refractivity contribution is 0.352. The van der Waals surface area contributed by atoms with Crippen molar-refractivity contribution in [3.8, 4) is 11.4 Å². The molecule has 1 saturated heterocycles. The zero-order chi connectivity index (χ0) is 12.5. The summed E-state index contributed by atoms with van der Waals surface area (Å²) in [5, 5.41) is 4.04. The first-order valence-corrected chi connectivity index (χ1v) is 6.99. The molecular formula is C12H14N4OS. The van der Waals surface area contributed by atoms with Crippen molar-refractivity contribution < 1.29 is 4.52 Å². The van der Waals surface area contributed by atoms with Crippen molar-refractivity contribution in [1.82, 2.24) is 15.1 Å². The predicted octanol–water partition coefficient (Wildman–Crippen LogP) is 1.60. The number of aromatic nitrogens is 3. The number of hydrogen-bond acceptors (Lipinski definition) is 6. The maximum absolute atomic E-state index is 6.03. The summed E-state index contributed by atoms with van der Waals surface area (Å²) in [6, 6.07) is 2.04. The van der Waals surface area contributed by atoms with Crippen LogP contribution in [-0.2, 0) is 0 Å². The Hall–Kier alpha value is -1.40. The summed E-state index contributed by atoms with van der Waals surface area (Å²) in [5.41, 5.74) is 8.02. The largest absolute Gasteiger partial charge is 0.339 e. The highest BCUT2D eigenvalue weighted by Crippen LogP contribution is 2.31. The van der Waals surface area contributed by atoms with Crippen molar-refractivity contribution in [3.63, 3.8) is 0 Å². The van der Waals surface area contributed by atoms with Gasteiger partial charge < -0.3 is 10.3 Å². The smallest absolute Gasteiger partial charge is 0.232 e. The van der Waals surface area contributed by atoms with Gasteiger partial charge in [0.05, 0.1) is 5.92 Å². The van der Waals surface area contributed by atoms with Gasteiger partial charge in [0.25, 0.3) is 0 Å². The van der Waals surface area contributed by atoms with E-state index in [1.807, 2.05) is 24.8 Å². The van der Waals surface area contributed by atoms with E-state index in [1.54, 1.807) is 12.4 Å². The molecule has 1 aliphatic heterocycles. The van der Waals surface area contributed by atoms with Crippen LogP contribution in [0.5, 0.6) is 0 Å². The van der Waals surface area contributed by atoms with Crippen molar-refractivity contribution in [2.45, 2.75) is 18.9 Å². The minimum atomic E-state index is 0.110. The molecule has 1 aliphatic rings. The van der Waals surface area contributed by atoms with Gasteiger partial charge in [-0.3, -0.25) is 4.98 Å². The van der Waals surface area contributed by atoms with Crippen molar-refractivity contribution in [2.24, 2.45) is 5.73 Å². The molecule has 2 atom stereocenters. The molecule has 3 heterocycles. The Kier molecular flexibility index (Phi) is 3.05. The molecular weight excluding hydrogens is 248 g/mol. The van der Waals surface area contributed by atoms with E-state index in [-0.39, 0.29) is 12.0 Å². The average molecular weight is 262 g/mol. The topological polar surface area (TPSA) is 77.8 Å². The van der Waals surface area contributed by atoms with E-state index >= 15 is 0 Å². The lowest BCUT2D eigenvalue weighted by Gasteiger charge is -2.07. The highest BCUT2D eigenvalue weighted by molar-refractivity contribution is 7.99. The molecule has 0 aromatic carbocycles. The van der Waals surface area contributed by atoms with Gasteiger partial charge in [-0.25, -0.2) is 0 Å². The summed E-state index contributed by atoms with van der Waals surface area (Å²) in [6.07, 6.45) is 3.51. The van der Waals surface area contributed by atoms with Crippen LogP contribution in [0.15, 0.2) is 23.0 Å². The predicted molar refractivity (Wildman–Crippen MR) is 70.3 cm³/mol. The van der Waals surface area contributed by atoms with Crippen LogP contribution in [0.25, 0.3) is 11.4 Å². The fourth-order valence-corrected chi connectivity index (χ4v) is 3.30. The molecule has 18 heavy (non-hydrogen) atoms. The van der Waals surface area contributed by atoms with Gasteiger partial charge in [0.2, 0.25) is 11.7 Å². The van der Waals surface area contributed by atoms with Gasteiger partial charge >= 0.3 is 0 Å². The van der Waals surface area contributed by atoms with Crippen LogP contribution in [0.4, 0.5) is 0 Å². The summed E-state index contributed by atoms with van der Waals surface area (Å²) in [6.45, 7) is 2.00. The Bertz CT molecular complexity index is 557. The Balaban J connectivity index is 1.92. The van der Waals surface area contributed by atoms with E-state index < -0.39 is 0 Å². The molecule has 0 spiro atoms. The third-order valence-corrected chi connectivity index (χ3v) is 4.38. The second kappa shape index (κ2) is 4.70. The standard InChI is InChI=1S/C12H14N4OS/c1-7-2-3-14-4-8(7)11-15-12(17-16-11)9-5-18-6-10(9)13/h2-4,9-10H,5-6,13H2,1H3. The minimum Gasteiger partial charge on any atom is -0.339 e. The molecule has 6 heteroatoms. The quantitative estimate of drug-likeness (QED) is 0.885. The molecule has 3 rings (SSSR count). The summed E-state index contributed by atoms with van der Waals surface area (Å²) >= 11 is 1.83. The Morgan fingerprint density at radius 1 is 1.44 bits per heavy atom. The Morgan fingerprint density at radius 3 is 3.06 bits per heavy atom. The lowest BCUT2D eigenvalue weighted by atomic mass is 10.1. The highest BCUT2D eigenvalue weighted by Gasteiger charge is 2.31. The van der Waals surface area contributed by atoms with Crippen molar-refractivity contribution in [2.75, 3.05) is 11.5 Å². The van der Waals surface area contributed by atoms with Crippen LogP contribution in [0.2, 0.25) is 0 Å². The third kappa shape index (κ3) is 2.02. The fourth-order valence-electron chi connectivity index (χ4n) is 2.02. The van der Waals surface area contributed by atoms with E-state index in [0.717, 1.165) is 22.6 Å². The van der Waals surface area contributed by atoms with Gasteiger partial charge in [0.15, 0.2) is 0 Å². The molecule has 2 N–H and O–H groups in total. The minimum absolute atomic E-state index is 0.110. The molecule has 0 bridgehead atoms. The average Bonchev–Trinajstić information content (AvgIpc) is 2.98. The molecule has 0 amide bonds. The maximum atomic E-state index is 6.03. The molecule has 2 aromatic heterocycles. The van der Waals surface area contributed by atoms with Crippen LogP contribution in [0, 0.1) is 6.92 Å².